The summed E-state index contributed by atoms with van der Waals surface area (Å²) in [5, 5.41) is 10.9. The van der Waals surface area contributed by atoms with Crippen LogP contribution in [0.1, 0.15) is 5.56 Å². The van der Waals surface area contributed by atoms with Crippen LogP contribution in [0, 0.1) is 6.92 Å². The van der Waals surface area contributed by atoms with E-state index >= 15 is 0 Å². The van der Waals surface area contributed by atoms with Gasteiger partial charge in [-0.15, -0.1) is 5.10 Å². The van der Waals surface area contributed by atoms with E-state index in [1.165, 1.54) is 5.56 Å². The Morgan fingerprint density at radius 3 is 2.92 bits per heavy atom. The minimum Gasteiger partial charge on any atom is -0.201 e. The fourth-order valence-electron chi connectivity index (χ4n) is 1.05. The molecule has 0 unspecified atom stereocenters. The number of nitrogens with zero attached hydrogens (tertiary/aromatic N) is 4. The van der Waals surface area contributed by atoms with E-state index in [4.69, 9.17) is 0 Å². The van der Waals surface area contributed by atoms with Crippen LogP contribution < -0.4 is 0 Å². The highest BCUT2D eigenvalue weighted by Crippen LogP contribution is 2.06. The van der Waals surface area contributed by atoms with Crippen LogP contribution in [0.2, 0.25) is 0 Å². The molecule has 0 fully saturated rings. The summed E-state index contributed by atoms with van der Waals surface area (Å²) in [6.45, 7) is 2.04. The van der Waals surface area contributed by atoms with E-state index in [1.807, 2.05) is 31.2 Å². The lowest BCUT2D eigenvalue weighted by atomic mass is 10.2. The number of tetrazole rings is 1. The minimum atomic E-state index is 0.986. The quantitative estimate of drug-likeness (QED) is 0.624. The normalized spacial score (nSPS) is 10.1. The molecule has 0 amide bonds. The summed E-state index contributed by atoms with van der Waals surface area (Å²) in [5.74, 6) is 0. The van der Waals surface area contributed by atoms with Crippen LogP contribution in [0.3, 0.4) is 0 Å². The van der Waals surface area contributed by atoms with Crippen molar-refractivity contribution in [3.05, 3.63) is 36.2 Å². The van der Waals surface area contributed by atoms with Crippen LogP contribution in [0.25, 0.3) is 5.69 Å². The third-order valence-electron chi connectivity index (χ3n) is 1.62. The summed E-state index contributed by atoms with van der Waals surface area (Å²) in [6, 6.07) is 8.00. The average molecular weight is 160 g/mol. The molecule has 1 heterocycles. The van der Waals surface area contributed by atoms with Crippen molar-refractivity contribution >= 4 is 0 Å². The van der Waals surface area contributed by atoms with Gasteiger partial charge in [0.15, 0.2) is 0 Å². The van der Waals surface area contributed by atoms with Crippen LogP contribution in [0.4, 0.5) is 0 Å². The standard InChI is InChI=1S/C8H8N4/c1-7-3-2-4-8(5-7)12-6-9-10-11-12/h2-6H,1H3. The Hall–Kier alpha value is -1.71. The van der Waals surface area contributed by atoms with Crippen molar-refractivity contribution in [2.75, 3.05) is 0 Å². The molecule has 1 aromatic heterocycles. The van der Waals surface area contributed by atoms with Gasteiger partial charge in [-0.25, -0.2) is 4.68 Å². The van der Waals surface area contributed by atoms with Crippen molar-refractivity contribution in [1.29, 1.82) is 0 Å². The molecule has 0 aliphatic heterocycles. The third kappa shape index (κ3) is 1.18. The SMILES string of the molecule is Cc1cccc(-n2cnnn2)c1. The zero-order valence-electron chi connectivity index (χ0n) is 6.68. The molecule has 0 spiro atoms. The number of hydrogen-bond donors (Lipinski definition) is 0. The Morgan fingerprint density at radius 1 is 1.33 bits per heavy atom. The molecule has 0 radical (unpaired) electrons. The highest BCUT2D eigenvalue weighted by molar-refractivity contribution is 5.33. The van der Waals surface area contributed by atoms with Crippen LogP contribution in [-0.4, -0.2) is 20.2 Å². The van der Waals surface area contributed by atoms with Crippen molar-refractivity contribution < 1.29 is 0 Å². The van der Waals surface area contributed by atoms with Gasteiger partial charge in [0.1, 0.15) is 6.33 Å². The fraction of sp³-hybridized carbons (Fsp3) is 0.125. The maximum atomic E-state index is 3.78. The second-order valence-electron chi connectivity index (χ2n) is 2.59. The van der Waals surface area contributed by atoms with Crippen molar-refractivity contribution in [3.8, 4) is 5.69 Å². The zero-order chi connectivity index (χ0) is 8.39. The summed E-state index contributed by atoms with van der Waals surface area (Å²) < 4.78 is 1.63. The Labute approximate surface area is 69.8 Å². The van der Waals surface area contributed by atoms with E-state index < -0.39 is 0 Å². The zero-order valence-corrected chi connectivity index (χ0v) is 6.68. The highest BCUT2D eigenvalue weighted by atomic mass is 15.5. The molecule has 2 rings (SSSR count). The van der Waals surface area contributed by atoms with Gasteiger partial charge >= 0.3 is 0 Å². The molecule has 60 valence electrons. The minimum absolute atomic E-state index is 0.986. The summed E-state index contributed by atoms with van der Waals surface area (Å²) in [4.78, 5) is 0. The predicted octanol–water partition coefficient (Wildman–Crippen LogP) is 0.971. The Morgan fingerprint density at radius 2 is 2.25 bits per heavy atom. The van der Waals surface area contributed by atoms with Crippen LogP contribution in [0.5, 0.6) is 0 Å². The van der Waals surface area contributed by atoms with Crippen molar-refractivity contribution in [1.82, 2.24) is 20.2 Å². The first kappa shape index (κ1) is 6.97. The number of aryl methyl sites for hydroxylation is 1. The molecule has 4 heteroatoms. The van der Waals surface area contributed by atoms with Gasteiger partial charge in [-0.05, 0) is 35.0 Å². The van der Waals surface area contributed by atoms with Gasteiger partial charge in [0.25, 0.3) is 0 Å². The van der Waals surface area contributed by atoms with Crippen molar-refractivity contribution in [2.24, 2.45) is 0 Å². The van der Waals surface area contributed by atoms with Gasteiger partial charge in [-0.1, -0.05) is 12.1 Å². The maximum Gasteiger partial charge on any atom is 0.143 e. The number of aromatic nitrogens is 4. The third-order valence-corrected chi connectivity index (χ3v) is 1.62. The van der Waals surface area contributed by atoms with E-state index in [1.54, 1.807) is 11.0 Å². The fourth-order valence-corrected chi connectivity index (χ4v) is 1.05. The molecule has 0 N–H and O–H groups in total. The Bertz CT molecular complexity index is 366. The van der Waals surface area contributed by atoms with E-state index in [-0.39, 0.29) is 0 Å². The second kappa shape index (κ2) is 2.73. The molecular formula is C8H8N4. The van der Waals surface area contributed by atoms with E-state index in [9.17, 15) is 0 Å². The molecule has 12 heavy (non-hydrogen) atoms. The Balaban J connectivity index is 2.48. The first-order chi connectivity index (χ1) is 5.86. The van der Waals surface area contributed by atoms with Crippen molar-refractivity contribution in [3.63, 3.8) is 0 Å². The lowest BCUT2D eigenvalue weighted by Crippen LogP contribution is -1.94. The smallest absolute Gasteiger partial charge is 0.143 e. The van der Waals surface area contributed by atoms with Crippen LogP contribution in [0.15, 0.2) is 30.6 Å². The summed E-state index contributed by atoms with van der Waals surface area (Å²) in [7, 11) is 0. The molecule has 0 saturated heterocycles. The molecule has 2 aromatic rings. The van der Waals surface area contributed by atoms with Gasteiger partial charge in [-0.3, -0.25) is 0 Å². The topological polar surface area (TPSA) is 43.6 Å². The van der Waals surface area contributed by atoms with Crippen LogP contribution >= 0.6 is 0 Å². The largest absolute Gasteiger partial charge is 0.201 e. The lowest BCUT2D eigenvalue weighted by molar-refractivity contribution is 0.788. The van der Waals surface area contributed by atoms with Gasteiger partial charge in [0.05, 0.1) is 5.69 Å². The first-order valence-electron chi connectivity index (χ1n) is 3.66. The summed E-state index contributed by atoms with van der Waals surface area (Å²) in [5.41, 5.74) is 2.18. The molecule has 0 aliphatic carbocycles. The average Bonchev–Trinajstić information content (AvgIpc) is 2.56. The monoisotopic (exact) mass is 160 g/mol. The van der Waals surface area contributed by atoms with Gasteiger partial charge in [0, 0.05) is 0 Å². The Kier molecular flexibility index (Phi) is 1.59. The van der Waals surface area contributed by atoms with E-state index in [0.717, 1.165) is 5.69 Å². The molecule has 0 aliphatic rings. The molecule has 0 atom stereocenters. The summed E-state index contributed by atoms with van der Waals surface area (Å²) >= 11 is 0. The molecule has 0 bridgehead atoms. The molecule has 1 aromatic carbocycles. The number of benzene rings is 1. The van der Waals surface area contributed by atoms with Gasteiger partial charge in [0.2, 0.25) is 0 Å². The second-order valence-corrected chi connectivity index (χ2v) is 2.59. The van der Waals surface area contributed by atoms with E-state index in [2.05, 4.69) is 15.5 Å². The number of hydrogen-bond acceptors (Lipinski definition) is 3. The highest BCUT2D eigenvalue weighted by Gasteiger charge is 1.95. The first-order valence-corrected chi connectivity index (χ1v) is 3.66. The van der Waals surface area contributed by atoms with Gasteiger partial charge in [-0.2, -0.15) is 0 Å². The summed E-state index contributed by atoms with van der Waals surface area (Å²) in [6.07, 6.45) is 1.58. The molecular weight excluding hydrogens is 152 g/mol. The lowest BCUT2D eigenvalue weighted by Gasteiger charge is -1.98. The van der Waals surface area contributed by atoms with Crippen LogP contribution in [-0.2, 0) is 0 Å². The molecule has 4 nitrogen and oxygen atoms in total. The molecule has 0 saturated carbocycles. The number of rotatable bonds is 1. The maximum absolute atomic E-state index is 3.78. The van der Waals surface area contributed by atoms with Crippen molar-refractivity contribution in [2.45, 2.75) is 6.92 Å². The van der Waals surface area contributed by atoms with E-state index in [0.29, 0.717) is 0 Å². The van der Waals surface area contributed by atoms with Gasteiger partial charge < -0.3 is 0 Å². The predicted molar refractivity (Wildman–Crippen MR) is 43.9 cm³/mol.